The van der Waals surface area contributed by atoms with E-state index >= 15 is 0 Å². The predicted octanol–water partition coefficient (Wildman–Crippen LogP) is 2.53. The Balaban J connectivity index is 0.000000376. The molecule has 0 bridgehead atoms. The molecule has 5 rings (SSSR count). The van der Waals surface area contributed by atoms with Crippen molar-refractivity contribution in [3.05, 3.63) is 63.6 Å². The molecule has 0 aromatic heterocycles. The second kappa shape index (κ2) is 10.5. The Morgan fingerprint density at radius 1 is 0.700 bits per heavy atom. The van der Waals surface area contributed by atoms with Crippen LogP contribution in [0.15, 0.2) is 0 Å². The van der Waals surface area contributed by atoms with Gasteiger partial charge in [-0.2, -0.15) is 0 Å². The fourth-order valence-electron chi connectivity index (χ4n) is 3.85. The van der Waals surface area contributed by atoms with Crippen molar-refractivity contribution in [3.63, 3.8) is 0 Å². The second-order valence-corrected chi connectivity index (χ2v) is 8.45. The largest absolute Gasteiger partial charge is 2.00 e. The molecule has 0 aromatic rings. The van der Waals surface area contributed by atoms with Gasteiger partial charge in [0, 0.05) is 5.82 Å². The Kier molecular flexibility index (Phi) is 8.76. The van der Waals surface area contributed by atoms with Crippen molar-refractivity contribution in [2.45, 2.75) is 63.7 Å². The van der Waals surface area contributed by atoms with E-state index in [1.165, 1.54) is 0 Å². The van der Waals surface area contributed by atoms with Gasteiger partial charge in [-0.3, -0.25) is 0 Å². The SMILES string of the molecule is CC1(C)OCC([C@@H]2OB([C]3[CH][CH][CH][CH]3)O[C@H]2C2COC(C)(C)O2)O1.[CH]1[CH][CH][CH][CH]1.[Fe+2]. The summed E-state index contributed by atoms with van der Waals surface area (Å²) in [6.45, 7) is 8.58. The molecule has 3 heterocycles. The quantitative estimate of drug-likeness (QED) is 0.609. The van der Waals surface area contributed by atoms with Gasteiger partial charge in [-0.1, -0.05) is 0 Å². The molecule has 2 aliphatic carbocycles. The Morgan fingerprint density at radius 3 is 1.43 bits per heavy atom. The van der Waals surface area contributed by atoms with Crippen LogP contribution in [-0.2, 0) is 45.3 Å². The minimum Gasteiger partial charge on any atom is -0.402 e. The third-order valence-corrected chi connectivity index (χ3v) is 5.20. The van der Waals surface area contributed by atoms with E-state index in [-0.39, 0.29) is 41.5 Å². The van der Waals surface area contributed by atoms with Crippen LogP contribution in [-0.4, -0.2) is 56.3 Å². The molecule has 3 saturated heterocycles. The first kappa shape index (κ1) is 25.0. The number of ether oxygens (including phenoxy) is 4. The summed E-state index contributed by atoms with van der Waals surface area (Å²) in [6.07, 6.45) is 17.0. The maximum absolute atomic E-state index is 6.21. The molecule has 4 atom stereocenters. The second-order valence-electron chi connectivity index (χ2n) is 8.45. The van der Waals surface area contributed by atoms with Gasteiger partial charge in [-0.15, -0.1) is 0 Å². The van der Waals surface area contributed by atoms with E-state index in [1.807, 2.05) is 85.5 Å². The summed E-state index contributed by atoms with van der Waals surface area (Å²) < 4.78 is 35.9. The van der Waals surface area contributed by atoms with Crippen LogP contribution in [0.3, 0.4) is 0 Å². The molecular weight excluding hydrogens is 427 g/mol. The zero-order valence-electron chi connectivity index (χ0n) is 17.8. The minimum atomic E-state index is -0.608. The van der Waals surface area contributed by atoms with Crippen LogP contribution in [0.5, 0.6) is 0 Å². The van der Waals surface area contributed by atoms with Crippen molar-refractivity contribution >= 4 is 7.12 Å². The molecule has 2 saturated carbocycles. The molecule has 0 N–H and O–H groups in total. The number of hydrogen-bond acceptors (Lipinski definition) is 6. The topological polar surface area (TPSA) is 55.4 Å². The third kappa shape index (κ3) is 6.23. The summed E-state index contributed by atoms with van der Waals surface area (Å²) in [5.74, 6) is -0.217. The maximum Gasteiger partial charge on any atom is 2.00 e. The van der Waals surface area contributed by atoms with Crippen LogP contribution in [0.4, 0.5) is 0 Å². The molecule has 0 amide bonds. The van der Waals surface area contributed by atoms with E-state index in [4.69, 9.17) is 28.3 Å². The average Bonchev–Trinajstić information content (AvgIpc) is 3.47. The molecule has 162 valence electrons. The first-order chi connectivity index (χ1) is 13.8. The van der Waals surface area contributed by atoms with Crippen molar-refractivity contribution in [2.75, 3.05) is 13.2 Å². The van der Waals surface area contributed by atoms with E-state index in [0.717, 1.165) is 5.82 Å². The minimum absolute atomic E-state index is 0. The van der Waals surface area contributed by atoms with Gasteiger partial charge in [-0.25, -0.2) is 0 Å². The molecule has 0 spiro atoms. The fourth-order valence-corrected chi connectivity index (χ4v) is 3.85. The smallest absolute Gasteiger partial charge is 0.402 e. The molecule has 3 aliphatic heterocycles. The summed E-state index contributed by atoms with van der Waals surface area (Å²) >= 11 is 0. The first-order valence-corrected chi connectivity index (χ1v) is 10.2. The van der Waals surface area contributed by atoms with Crippen molar-refractivity contribution in [1.82, 2.24) is 0 Å². The van der Waals surface area contributed by atoms with Crippen LogP contribution in [0, 0.1) is 63.6 Å². The first-order valence-electron chi connectivity index (χ1n) is 10.2. The van der Waals surface area contributed by atoms with Crippen molar-refractivity contribution in [2.24, 2.45) is 0 Å². The van der Waals surface area contributed by atoms with Gasteiger partial charge in [0.15, 0.2) is 11.6 Å². The Hall–Kier alpha value is 0.344. The van der Waals surface area contributed by atoms with Crippen molar-refractivity contribution in [1.29, 1.82) is 0 Å². The monoisotopic (exact) mass is 456 g/mol. The van der Waals surface area contributed by atoms with E-state index in [0.29, 0.717) is 13.2 Å². The molecule has 6 nitrogen and oxygen atoms in total. The number of hydrogen-bond donors (Lipinski definition) is 0. The van der Waals surface area contributed by atoms with Crippen molar-refractivity contribution < 1.29 is 45.3 Å². The summed E-state index contributed by atoms with van der Waals surface area (Å²) in [5.41, 5.74) is 0. The summed E-state index contributed by atoms with van der Waals surface area (Å²) in [6, 6.07) is 0. The molecule has 8 heteroatoms. The Morgan fingerprint density at radius 2 is 1.10 bits per heavy atom. The molecule has 0 aromatic carbocycles. The van der Waals surface area contributed by atoms with E-state index < -0.39 is 18.7 Å². The summed E-state index contributed by atoms with van der Waals surface area (Å²) in [5, 5.41) is 0. The van der Waals surface area contributed by atoms with Crippen LogP contribution in [0.1, 0.15) is 27.7 Å². The zero-order chi connectivity index (χ0) is 20.5. The van der Waals surface area contributed by atoms with Crippen LogP contribution < -0.4 is 0 Å². The van der Waals surface area contributed by atoms with Gasteiger partial charge in [0.1, 0.15) is 12.2 Å². The van der Waals surface area contributed by atoms with Gasteiger partial charge in [0.25, 0.3) is 0 Å². The van der Waals surface area contributed by atoms with Crippen LogP contribution >= 0.6 is 0 Å². The van der Waals surface area contributed by atoms with E-state index in [1.54, 1.807) is 0 Å². The number of rotatable bonds is 3. The summed E-state index contributed by atoms with van der Waals surface area (Å²) in [4.78, 5) is 0. The molecule has 5 aliphatic rings. The van der Waals surface area contributed by atoms with Crippen LogP contribution in [0.2, 0.25) is 0 Å². The Labute approximate surface area is 193 Å². The van der Waals surface area contributed by atoms with Gasteiger partial charge < -0.3 is 28.3 Å². The molecule has 2 unspecified atom stereocenters. The van der Waals surface area contributed by atoms with E-state index in [2.05, 4.69) is 0 Å². The third-order valence-electron chi connectivity index (χ3n) is 5.20. The average molecular weight is 456 g/mol. The fraction of sp³-hybridized carbons (Fsp3) is 0.545. The standard InChI is InChI=1S/C17H24BO6.C5H5.Fe/c1-16(2)19-9-12(21-16)14-15(13-10-20-17(3,4)22-13)24-18(23-14)11-7-5-6-8-11;1-2-4-5-3-1;/h5-8,12-15H,9-10H2,1-4H3;1-5H;/q;;+2/t12?,13?,14-,15-;;/m0../s1. The van der Waals surface area contributed by atoms with E-state index in [9.17, 15) is 0 Å². The Bertz CT molecular complexity index is 496. The molecule has 30 heavy (non-hydrogen) atoms. The van der Waals surface area contributed by atoms with Gasteiger partial charge >= 0.3 is 24.2 Å². The normalized spacial score (nSPS) is 37.8. The van der Waals surface area contributed by atoms with Crippen LogP contribution in [0.25, 0.3) is 0 Å². The predicted molar refractivity (Wildman–Crippen MR) is 107 cm³/mol. The molecular formula is C22H29BFeO6+2. The summed E-state index contributed by atoms with van der Waals surface area (Å²) in [7, 11) is -0.422. The maximum atomic E-state index is 6.21. The van der Waals surface area contributed by atoms with Gasteiger partial charge in [0.05, 0.1) is 25.4 Å². The van der Waals surface area contributed by atoms with Crippen molar-refractivity contribution in [3.8, 4) is 0 Å². The zero-order valence-corrected chi connectivity index (χ0v) is 18.9. The molecule has 10 radical (unpaired) electrons. The van der Waals surface area contributed by atoms with Gasteiger partial charge in [0.2, 0.25) is 0 Å². The molecule has 5 fully saturated rings. The van der Waals surface area contributed by atoms with Gasteiger partial charge in [-0.05, 0) is 85.5 Å².